The highest BCUT2D eigenvalue weighted by Gasteiger charge is 2.43. The molecule has 1 aliphatic carbocycles. The molecule has 3 aromatic rings. The van der Waals surface area contributed by atoms with E-state index in [1.54, 1.807) is 19.4 Å². The third-order valence-electron chi connectivity index (χ3n) is 7.13. The minimum absolute atomic E-state index is 0.312. The second-order valence-electron chi connectivity index (χ2n) is 9.20. The quantitative estimate of drug-likeness (QED) is 0.588. The lowest BCUT2D eigenvalue weighted by molar-refractivity contribution is 0.0388. The van der Waals surface area contributed by atoms with Gasteiger partial charge in [-0.1, -0.05) is 11.6 Å². The summed E-state index contributed by atoms with van der Waals surface area (Å²) in [5.41, 5.74) is 1.79. The van der Waals surface area contributed by atoms with E-state index in [2.05, 4.69) is 15.2 Å². The van der Waals surface area contributed by atoms with Crippen molar-refractivity contribution in [3.8, 4) is 5.88 Å². The normalized spacial score (nSPS) is 25.8. The molecule has 10 heteroatoms. The fourth-order valence-electron chi connectivity index (χ4n) is 5.60. The Morgan fingerprint density at radius 1 is 1.18 bits per heavy atom. The number of hydrogen-bond acceptors (Lipinski definition) is 7. The number of pyridine rings is 1. The van der Waals surface area contributed by atoms with Crippen LogP contribution in [0, 0.1) is 17.7 Å². The van der Waals surface area contributed by atoms with Gasteiger partial charge in [-0.25, -0.2) is 14.1 Å². The van der Waals surface area contributed by atoms with E-state index in [0.29, 0.717) is 59.3 Å². The van der Waals surface area contributed by atoms with Crippen LogP contribution >= 0.6 is 11.6 Å². The third-order valence-corrected chi connectivity index (χ3v) is 7.35. The van der Waals surface area contributed by atoms with E-state index in [9.17, 15) is 4.39 Å². The van der Waals surface area contributed by atoms with Gasteiger partial charge < -0.3 is 19.7 Å². The Morgan fingerprint density at radius 3 is 2.76 bits per heavy atom. The number of hydrogen-bond donors (Lipinski definition) is 1. The Bertz CT molecular complexity index is 1170. The zero-order chi connectivity index (χ0) is 23.2. The molecule has 1 saturated heterocycles. The predicted molar refractivity (Wildman–Crippen MR) is 126 cm³/mol. The molecular weight excluding hydrogens is 459 g/mol. The average Bonchev–Trinajstić information content (AvgIpc) is 3.34. The molecule has 1 aromatic carbocycles. The van der Waals surface area contributed by atoms with Crippen molar-refractivity contribution in [3.05, 3.63) is 58.8 Å². The molecule has 8 nitrogen and oxygen atoms in total. The summed E-state index contributed by atoms with van der Waals surface area (Å²) in [6, 6.07) is 8.80. The first kappa shape index (κ1) is 21.6. The number of ether oxygens (including phenoxy) is 2. The molecule has 1 saturated carbocycles. The summed E-state index contributed by atoms with van der Waals surface area (Å²) in [4.78, 5) is 11.4. The van der Waals surface area contributed by atoms with Crippen LogP contribution in [-0.2, 0) is 11.3 Å². The zero-order valence-electron chi connectivity index (χ0n) is 18.8. The zero-order valence-corrected chi connectivity index (χ0v) is 19.6. The minimum atomic E-state index is -0.495. The lowest BCUT2D eigenvalue weighted by Crippen LogP contribution is -2.48. The predicted octanol–water partition coefficient (Wildman–Crippen LogP) is 3.92. The molecule has 6 rings (SSSR count). The fraction of sp³-hybridized carbons (Fsp3) is 0.458. The number of nitrogens with one attached hydrogen (secondary N) is 1. The topological polar surface area (TPSA) is 77.3 Å². The summed E-state index contributed by atoms with van der Waals surface area (Å²) < 4.78 is 27.1. The van der Waals surface area contributed by atoms with E-state index in [1.165, 1.54) is 25.0 Å². The van der Waals surface area contributed by atoms with Gasteiger partial charge in [0.05, 0.1) is 20.3 Å². The monoisotopic (exact) mass is 484 g/mol. The lowest BCUT2D eigenvalue weighted by Gasteiger charge is -2.39. The molecule has 0 radical (unpaired) electrons. The third kappa shape index (κ3) is 3.96. The smallest absolute Gasteiger partial charge is 0.242 e. The maximum atomic E-state index is 14.0. The molecule has 34 heavy (non-hydrogen) atoms. The van der Waals surface area contributed by atoms with Crippen LogP contribution in [-0.4, -0.2) is 52.6 Å². The summed E-state index contributed by atoms with van der Waals surface area (Å²) in [5.74, 6) is 2.50. The summed E-state index contributed by atoms with van der Waals surface area (Å²) in [6.07, 6.45) is 3.64. The maximum Gasteiger partial charge on any atom is 0.242 e. The second-order valence-corrected chi connectivity index (χ2v) is 9.64. The van der Waals surface area contributed by atoms with E-state index in [4.69, 9.17) is 31.2 Å². The Hall–Kier alpha value is -2.91. The van der Waals surface area contributed by atoms with Crippen molar-refractivity contribution in [2.24, 2.45) is 11.8 Å². The van der Waals surface area contributed by atoms with Gasteiger partial charge in [-0.3, -0.25) is 0 Å². The highest BCUT2D eigenvalue weighted by Crippen LogP contribution is 2.40. The van der Waals surface area contributed by atoms with Gasteiger partial charge in [-0.05, 0) is 54.5 Å². The number of rotatable bonds is 5. The van der Waals surface area contributed by atoms with Gasteiger partial charge in [0.15, 0.2) is 5.82 Å². The molecule has 1 N–H and O–H groups in total. The summed E-state index contributed by atoms with van der Waals surface area (Å²) in [6.45, 7) is 3.01. The van der Waals surface area contributed by atoms with Crippen molar-refractivity contribution in [1.82, 2.24) is 19.7 Å². The minimum Gasteiger partial charge on any atom is -0.481 e. The van der Waals surface area contributed by atoms with Gasteiger partial charge in [0.1, 0.15) is 11.9 Å². The van der Waals surface area contributed by atoms with Crippen LogP contribution in [0.2, 0.25) is 5.02 Å². The second kappa shape index (κ2) is 8.70. The first-order valence-corrected chi connectivity index (χ1v) is 12.0. The van der Waals surface area contributed by atoms with Crippen molar-refractivity contribution in [3.63, 3.8) is 0 Å². The largest absolute Gasteiger partial charge is 0.481 e. The van der Waals surface area contributed by atoms with Crippen LogP contribution in [0.25, 0.3) is 0 Å². The van der Waals surface area contributed by atoms with Crippen LogP contribution in [0.1, 0.15) is 30.3 Å². The molecule has 2 aliphatic heterocycles. The van der Waals surface area contributed by atoms with Gasteiger partial charge in [-0.15, -0.1) is 5.10 Å². The molecule has 4 heterocycles. The number of nitrogens with zero attached hydrogens (tertiary/aromatic N) is 5. The molecule has 178 valence electrons. The number of benzene rings is 1. The van der Waals surface area contributed by atoms with Gasteiger partial charge in [-0.2, -0.15) is 4.98 Å². The first-order chi connectivity index (χ1) is 16.6. The summed E-state index contributed by atoms with van der Waals surface area (Å²) >= 11 is 6.08. The van der Waals surface area contributed by atoms with Crippen molar-refractivity contribution < 1.29 is 13.9 Å². The van der Waals surface area contributed by atoms with E-state index in [0.717, 1.165) is 18.8 Å². The molecule has 0 amide bonds. The van der Waals surface area contributed by atoms with E-state index >= 15 is 0 Å². The van der Waals surface area contributed by atoms with Crippen LogP contribution in [0.3, 0.4) is 0 Å². The number of halogens is 2. The molecule has 2 bridgehead atoms. The number of methoxy groups -OCH3 is 1. The van der Waals surface area contributed by atoms with Crippen LogP contribution in [0.4, 0.5) is 16.0 Å². The summed E-state index contributed by atoms with van der Waals surface area (Å²) in [7, 11) is 1.64. The van der Waals surface area contributed by atoms with Gasteiger partial charge in [0.2, 0.25) is 11.8 Å². The Balaban J connectivity index is 1.20. The van der Waals surface area contributed by atoms with Crippen molar-refractivity contribution in [1.29, 1.82) is 0 Å². The molecule has 0 spiro atoms. The summed E-state index contributed by atoms with van der Waals surface area (Å²) in [5, 5.41) is 8.68. The first-order valence-electron chi connectivity index (χ1n) is 11.6. The number of anilines is 2. The van der Waals surface area contributed by atoms with E-state index in [1.807, 2.05) is 16.8 Å². The van der Waals surface area contributed by atoms with Crippen LogP contribution in [0.15, 0.2) is 36.5 Å². The molecular formula is C24H26ClFN6O2. The Labute approximate surface area is 202 Å². The van der Waals surface area contributed by atoms with E-state index in [-0.39, 0.29) is 0 Å². The molecule has 2 aromatic heterocycles. The van der Waals surface area contributed by atoms with Gasteiger partial charge in [0, 0.05) is 42.1 Å². The average molecular weight is 485 g/mol. The van der Waals surface area contributed by atoms with Crippen LogP contribution < -0.4 is 15.0 Å². The molecule has 2 fully saturated rings. The lowest BCUT2D eigenvalue weighted by atomic mass is 9.92. The Kier molecular flexibility index (Phi) is 5.53. The SMILES string of the molecule is COc1cc(N2CC3CC[C@@H](C2)C3Nc2nc3n(n2)CCO[C@@H]3c2cc(F)cc(Cl)c2)ccn1. The highest BCUT2D eigenvalue weighted by molar-refractivity contribution is 6.30. The van der Waals surface area contributed by atoms with E-state index < -0.39 is 11.9 Å². The van der Waals surface area contributed by atoms with Crippen LogP contribution in [0.5, 0.6) is 5.88 Å². The number of piperidine rings is 1. The van der Waals surface area contributed by atoms with Crippen molar-refractivity contribution in [2.75, 3.05) is 37.0 Å². The van der Waals surface area contributed by atoms with Crippen molar-refractivity contribution >= 4 is 23.2 Å². The standard InChI is InChI=1S/C24H26ClFN6O2/c1-33-20-11-19(4-5-27-20)31-12-14-2-3-15(13-31)21(14)28-24-29-23-22(34-7-6-32(23)30-24)16-8-17(25)10-18(26)9-16/h4-5,8-11,14-15,21-22H,2-3,6-7,12-13H2,1H3,(H,28,30)/t14-,15?,21?,22+/m0/s1. The van der Waals surface area contributed by atoms with Gasteiger partial charge >= 0.3 is 0 Å². The molecule has 3 aliphatic rings. The number of aromatic nitrogens is 4. The highest BCUT2D eigenvalue weighted by atomic mass is 35.5. The molecule has 2 unspecified atom stereocenters. The Morgan fingerprint density at radius 2 is 2.00 bits per heavy atom. The molecule has 4 atom stereocenters. The van der Waals surface area contributed by atoms with Crippen molar-refractivity contribution in [2.45, 2.75) is 31.5 Å². The number of fused-ring (bicyclic) bond motifs is 3. The maximum absolute atomic E-state index is 14.0. The fourth-order valence-corrected chi connectivity index (χ4v) is 5.83. The van der Waals surface area contributed by atoms with Gasteiger partial charge in [0.25, 0.3) is 0 Å².